The van der Waals surface area contributed by atoms with Crippen molar-refractivity contribution in [2.45, 2.75) is 32.4 Å². The Balaban J connectivity index is 2.14. The van der Waals surface area contributed by atoms with Crippen molar-refractivity contribution in [1.29, 1.82) is 0 Å². The minimum Gasteiger partial charge on any atom is -0.396 e. The van der Waals surface area contributed by atoms with Crippen LogP contribution in [-0.4, -0.2) is 44.4 Å². The third-order valence-corrected chi connectivity index (χ3v) is 3.29. The predicted molar refractivity (Wildman–Crippen MR) is 63.5 cm³/mol. The van der Waals surface area contributed by atoms with Crippen LogP contribution in [0.3, 0.4) is 0 Å². The van der Waals surface area contributed by atoms with Crippen LogP contribution in [0.4, 0.5) is 5.69 Å². The summed E-state index contributed by atoms with van der Waals surface area (Å²) >= 11 is 0. The van der Waals surface area contributed by atoms with Crippen LogP contribution < -0.4 is 5.73 Å². The molecule has 17 heavy (non-hydrogen) atoms. The molecule has 1 amide bonds. The summed E-state index contributed by atoms with van der Waals surface area (Å²) in [4.78, 5) is 13.8. The Morgan fingerprint density at radius 2 is 2.24 bits per heavy atom. The van der Waals surface area contributed by atoms with Gasteiger partial charge in [-0.1, -0.05) is 6.92 Å². The van der Waals surface area contributed by atoms with E-state index in [0.717, 1.165) is 0 Å². The van der Waals surface area contributed by atoms with E-state index in [0.29, 0.717) is 37.4 Å². The number of anilines is 1. The number of carbonyl (C=O) groups is 1. The van der Waals surface area contributed by atoms with Gasteiger partial charge in [0.25, 0.3) is 5.91 Å². The molecule has 0 bridgehead atoms. The number of carbonyl (C=O) groups excluding carboxylic acids is 1. The zero-order valence-electron chi connectivity index (χ0n) is 10.2. The molecule has 3 N–H and O–H groups in total. The zero-order chi connectivity index (χ0) is 12.6. The van der Waals surface area contributed by atoms with Crippen LogP contribution in [0.25, 0.3) is 0 Å². The van der Waals surface area contributed by atoms with E-state index in [1.54, 1.807) is 9.58 Å². The normalized spacial score (nSPS) is 17.9. The van der Waals surface area contributed by atoms with Gasteiger partial charge in [0.2, 0.25) is 0 Å². The lowest BCUT2D eigenvalue weighted by Gasteiger charge is -2.46. The number of nitrogens with two attached hydrogens (primary N) is 1. The van der Waals surface area contributed by atoms with Gasteiger partial charge in [-0.15, -0.1) is 0 Å². The van der Waals surface area contributed by atoms with Gasteiger partial charge in [-0.05, 0) is 13.3 Å². The molecule has 0 aromatic carbocycles. The summed E-state index contributed by atoms with van der Waals surface area (Å²) < 4.78 is 1.58. The van der Waals surface area contributed by atoms with E-state index in [2.05, 4.69) is 5.10 Å². The molecule has 0 radical (unpaired) electrons. The molecule has 1 aromatic heterocycles. The second-order valence-electron chi connectivity index (χ2n) is 4.50. The third-order valence-electron chi connectivity index (χ3n) is 3.29. The quantitative estimate of drug-likeness (QED) is 0.781. The van der Waals surface area contributed by atoms with Gasteiger partial charge >= 0.3 is 0 Å². The summed E-state index contributed by atoms with van der Waals surface area (Å²) in [7, 11) is 0. The molecule has 0 unspecified atom stereocenters. The van der Waals surface area contributed by atoms with Gasteiger partial charge in [0.15, 0.2) is 0 Å². The molecule has 1 saturated heterocycles. The zero-order valence-corrected chi connectivity index (χ0v) is 10.2. The molecule has 0 saturated carbocycles. The number of β-amino-alcohol motifs (C(OH)–C–C–N with tert-alkyl or cyclic N) is 1. The van der Waals surface area contributed by atoms with Crippen LogP contribution in [0, 0.1) is 0 Å². The first-order valence-corrected chi connectivity index (χ1v) is 5.83. The number of rotatable bonds is 3. The number of hydrogen-bond donors (Lipinski definition) is 2. The van der Waals surface area contributed by atoms with Crippen LogP contribution in [0.1, 0.15) is 30.8 Å². The van der Waals surface area contributed by atoms with E-state index in [-0.39, 0.29) is 5.91 Å². The summed E-state index contributed by atoms with van der Waals surface area (Å²) in [5.41, 5.74) is 5.83. The van der Waals surface area contributed by atoms with Gasteiger partial charge in [-0.3, -0.25) is 9.48 Å². The molecule has 94 valence electrons. The molecule has 2 rings (SSSR count). The molecule has 1 aromatic rings. The van der Waals surface area contributed by atoms with E-state index >= 15 is 0 Å². The maximum Gasteiger partial charge on any atom is 0.274 e. The first-order chi connectivity index (χ1) is 8.00. The molecule has 0 atom stereocenters. The molecular weight excluding hydrogens is 220 g/mol. The highest BCUT2D eigenvalue weighted by atomic mass is 16.3. The minimum absolute atomic E-state index is 0.153. The molecule has 1 aliphatic rings. The van der Waals surface area contributed by atoms with Crippen molar-refractivity contribution in [3.05, 3.63) is 11.9 Å². The largest absolute Gasteiger partial charge is 0.396 e. The number of aryl methyl sites for hydroxylation is 1. The van der Waals surface area contributed by atoms with E-state index in [1.807, 2.05) is 13.8 Å². The summed E-state index contributed by atoms with van der Waals surface area (Å²) in [5, 5.41) is 13.9. The van der Waals surface area contributed by atoms with Crippen LogP contribution in [0.15, 0.2) is 6.20 Å². The fourth-order valence-corrected chi connectivity index (χ4v) is 2.05. The van der Waals surface area contributed by atoms with E-state index in [4.69, 9.17) is 5.73 Å². The molecule has 0 spiro atoms. The lowest BCUT2D eigenvalue weighted by Crippen LogP contribution is -2.63. The molecule has 0 aliphatic carbocycles. The number of nitrogens with zero attached hydrogens (tertiary/aromatic N) is 3. The Morgan fingerprint density at radius 1 is 1.59 bits per heavy atom. The second-order valence-corrected chi connectivity index (χ2v) is 4.50. The van der Waals surface area contributed by atoms with Crippen molar-refractivity contribution >= 4 is 11.6 Å². The highest BCUT2D eigenvalue weighted by Crippen LogP contribution is 2.27. The number of hydrogen-bond acceptors (Lipinski definition) is 4. The maximum absolute atomic E-state index is 12.2. The first-order valence-electron chi connectivity index (χ1n) is 5.83. The molecule has 2 heterocycles. The topological polar surface area (TPSA) is 84.4 Å². The maximum atomic E-state index is 12.2. The molecule has 1 aliphatic heterocycles. The van der Waals surface area contributed by atoms with Crippen molar-refractivity contribution in [3.63, 3.8) is 0 Å². The Morgan fingerprint density at radius 3 is 2.76 bits per heavy atom. The fraction of sp³-hybridized carbons (Fsp3) is 0.636. The third kappa shape index (κ3) is 1.88. The van der Waals surface area contributed by atoms with Gasteiger partial charge in [0, 0.05) is 6.54 Å². The Labute approximate surface area is 100 Å². The number of nitrogen functional groups attached to an aromatic ring is 1. The minimum atomic E-state index is -0.721. The van der Waals surface area contributed by atoms with Gasteiger partial charge < -0.3 is 15.7 Å². The van der Waals surface area contributed by atoms with E-state index < -0.39 is 5.60 Å². The predicted octanol–water partition coefficient (Wildman–Crippen LogP) is 0.0821. The lowest BCUT2D eigenvalue weighted by atomic mass is 9.91. The summed E-state index contributed by atoms with van der Waals surface area (Å²) in [6, 6.07) is 0. The monoisotopic (exact) mass is 238 g/mol. The van der Waals surface area contributed by atoms with Crippen LogP contribution in [0.5, 0.6) is 0 Å². The van der Waals surface area contributed by atoms with Crippen LogP contribution in [0.2, 0.25) is 0 Å². The lowest BCUT2D eigenvalue weighted by molar-refractivity contribution is -0.0829. The highest BCUT2D eigenvalue weighted by Gasteiger charge is 2.43. The highest BCUT2D eigenvalue weighted by molar-refractivity contribution is 5.98. The fourth-order valence-electron chi connectivity index (χ4n) is 2.05. The van der Waals surface area contributed by atoms with E-state index in [9.17, 15) is 9.90 Å². The summed E-state index contributed by atoms with van der Waals surface area (Å²) in [6.45, 7) is 5.16. The second kappa shape index (κ2) is 4.03. The van der Waals surface area contributed by atoms with Crippen molar-refractivity contribution in [2.75, 3.05) is 18.8 Å². The SMILES string of the molecule is CCn1ncc(N)c1C(=O)N1CC(O)(CC)C1. The molecular formula is C11H18N4O2. The number of likely N-dealkylation sites (tertiary alicyclic amines) is 1. The standard InChI is InChI=1S/C11H18N4O2/c1-3-11(17)6-14(7-11)10(16)9-8(12)5-13-15(9)4-2/h5,17H,3-4,6-7,12H2,1-2H3. The summed E-state index contributed by atoms with van der Waals surface area (Å²) in [6.07, 6.45) is 2.14. The van der Waals surface area contributed by atoms with Gasteiger partial charge in [0.05, 0.1) is 30.6 Å². The molecule has 1 fully saturated rings. The molecule has 6 heteroatoms. The van der Waals surface area contributed by atoms with E-state index in [1.165, 1.54) is 6.20 Å². The average molecular weight is 238 g/mol. The Bertz CT molecular complexity index is 435. The van der Waals surface area contributed by atoms with Crippen LogP contribution in [-0.2, 0) is 6.54 Å². The Kier molecular flexibility index (Phi) is 2.82. The number of aromatic nitrogens is 2. The number of amides is 1. The van der Waals surface area contributed by atoms with Crippen molar-refractivity contribution < 1.29 is 9.90 Å². The van der Waals surface area contributed by atoms with Gasteiger partial charge in [0.1, 0.15) is 5.69 Å². The summed E-state index contributed by atoms with van der Waals surface area (Å²) in [5.74, 6) is -0.153. The van der Waals surface area contributed by atoms with Crippen LogP contribution >= 0.6 is 0 Å². The van der Waals surface area contributed by atoms with Gasteiger partial charge in [-0.25, -0.2) is 0 Å². The van der Waals surface area contributed by atoms with Crippen molar-refractivity contribution in [1.82, 2.24) is 14.7 Å². The average Bonchev–Trinajstić information content (AvgIpc) is 2.65. The van der Waals surface area contributed by atoms with Crippen molar-refractivity contribution in [3.8, 4) is 0 Å². The van der Waals surface area contributed by atoms with Gasteiger partial charge in [-0.2, -0.15) is 5.10 Å². The molecule has 6 nitrogen and oxygen atoms in total. The first kappa shape index (κ1) is 11.9. The Hall–Kier alpha value is -1.56. The van der Waals surface area contributed by atoms with Crippen molar-refractivity contribution in [2.24, 2.45) is 0 Å². The number of aliphatic hydroxyl groups is 1. The smallest absolute Gasteiger partial charge is 0.274 e.